The van der Waals surface area contributed by atoms with Gasteiger partial charge in [-0.15, -0.1) is 0 Å². The van der Waals surface area contributed by atoms with Crippen LogP contribution >= 0.6 is 0 Å². The van der Waals surface area contributed by atoms with Crippen LogP contribution in [-0.4, -0.2) is 22.6 Å². The average Bonchev–Trinajstić information content (AvgIpc) is 3.37. The summed E-state index contributed by atoms with van der Waals surface area (Å²) in [6, 6.07) is 0.785. The third-order valence-electron chi connectivity index (χ3n) is 5.08. The number of aromatic nitrogens is 2. The lowest BCUT2D eigenvalue weighted by molar-refractivity contribution is 0.602. The lowest BCUT2D eigenvalue weighted by Crippen LogP contribution is -2.21. The molecule has 1 N–H and O–H groups in total. The zero-order valence-corrected chi connectivity index (χ0v) is 14.0. The van der Waals surface area contributed by atoms with Gasteiger partial charge >= 0.3 is 0 Å². The third kappa shape index (κ3) is 3.28. The summed E-state index contributed by atoms with van der Waals surface area (Å²) in [5, 5.41) is 3.61. The van der Waals surface area contributed by atoms with Gasteiger partial charge in [0.1, 0.15) is 5.82 Å². The highest BCUT2D eigenvalue weighted by Crippen LogP contribution is 2.57. The average molecular weight is 287 g/mol. The van der Waals surface area contributed by atoms with E-state index in [2.05, 4.69) is 33.0 Å². The molecule has 3 rings (SSSR count). The fourth-order valence-corrected chi connectivity index (χ4v) is 3.23. The number of nitrogens with one attached hydrogen (secondary N) is 1. The quantitative estimate of drug-likeness (QED) is 0.835. The van der Waals surface area contributed by atoms with Crippen molar-refractivity contribution in [3.8, 4) is 0 Å². The van der Waals surface area contributed by atoms with Crippen LogP contribution in [0.5, 0.6) is 0 Å². The topological polar surface area (TPSA) is 37.8 Å². The Morgan fingerprint density at radius 1 is 1.10 bits per heavy atom. The molecule has 1 unspecified atom stereocenters. The van der Waals surface area contributed by atoms with Gasteiger partial charge in [0.05, 0.1) is 0 Å². The molecule has 1 aromatic rings. The number of rotatable bonds is 7. The lowest BCUT2D eigenvalue weighted by atomic mass is 10.0. The van der Waals surface area contributed by atoms with Crippen molar-refractivity contribution in [3.05, 3.63) is 22.8 Å². The number of nitrogens with zero attached hydrogens (tertiary/aromatic N) is 2. The molecule has 0 radical (unpaired) electrons. The van der Waals surface area contributed by atoms with Gasteiger partial charge in [-0.1, -0.05) is 27.7 Å². The lowest BCUT2D eigenvalue weighted by Gasteiger charge is -2.15. The van der Waals surface area contributed by atoms with E-state index >= 15 is 0 Å². The standard InChI is InChI=1S/C18H29N3/c1-5-15-13(9-10-19-12-7-8-12)16(6-2)21-17(20-15)14-11-18(14,3)4/h12,14,19H,5-11H2,1-4H3. The number of hydrogen-bond acceptors (Lipinski definition) is 3. The molecule has 21 heavy (non-hydrogen) atoms. The molecule has 116 valence electrons. The number of hydrogen-bond donors (Lipinski definition) is 1. The zero-order valence-electron chi connectivity index (χ0n) is 14.0. The van der Waals surface area contributed by atoms with E-state index in [1.54, 1.807) is 0 Å². The summed E-state index contributed by atoms with van der Waals surface area (Å²) < 4.78 is 0. The molecular formula is C18H29N3. The van der Waals surface area contributed by atoms with Crippen molar-refractivity contribution in [2.75, 3.05) is 6.54 Å². The van der Waals surface area contributed by atoms with Crippen molar-refractivity contribution in [1.82, 2.24) is 15.3 Å². The van der Waals surface area contributed by atoms with E-state index in [0.29, 0.717) is 11.3 Å². The molecule has 0 saturated heterocycles. The van der Waals surface area contributed by atoms with Crippen molar-refractivity contribution >= 4 is 0 Å². The van der Waals surface area contributed by atoms with E-state index in [-0.39, 0.29) is 0 Å². The Kier molecular flexibility index (Phi) is 4.04. The third-order valence-corrected chi connectivity index (χ3v) is 5.08. The summed E-state index contributed by atoms with van der Waals surface area (Å²) in [5.74, 6) is 1.68. The molecule has 2 aliphatic rings. The maximum Gasteiger partial charge on any atom is 0.132 e. The molecule has 0 aromatic carbocycles. The smallest absolute Gasteiger partial charge is 0.132 e. The first-order chi connectivity index (χ1) is 10.0. The molecule has 1 aromatic heterocycles. The van der Waals surface area contributed by atoms with Gasteiger partial charge in [-0.3, -0.25) is 0 Å². The SMILES string of the molecule is CCc1nc(C2CC2(C)C)nc(CC)c1CCNC1CC1. The monoisotopic (exact) mass is 287 g/mol. The summed E-state index contributed by atoms with van der Waals surface area (Å²) in [4.78, 5) is 9.86. The van der Waals surface area contributed by atoms with Crippen molar-refractivity contribution in [2.45, 2.75) is 78.2 Å². The highest BCUT2D eigenvalue weighted by Gasteiger charge is 2.48. The molecule has 3 heteroatoms. The van der Waals surface area contributed by atoms with Crippen LogP contribution in [0, 0.1) is 5.41 Å². The Morgan fingerprint density at radius 3 is 2.10 bits per heavy atom. The predicted molar refractivity (Wildman–Crippen MR) is 86.7 cm³/mol. The molecule has 2 aliphatic carbocycles. The van der Waals surface area contributed by atoms with Crippen molar-refractivity contribution < 1.29 is 0 Å². The van der Waals surface area contributed by atoms with Crippen LogP contribution in [0.25, 0.3) is 0 Å². The zero-order chi connectivity index (χ0) is 15.0. The normalized spacial score (nSPS) is 23.3. The summed E-state index contributed by atoms with van der Waals surface area (Å²) in [5.41, 5.74) is 4.40. The van der Waals surface area contributed by atoms with Crippen LogP contribution in [0.4, 0.5) is 0 Å². The van der Waals surface area contributed by atoms with Gasteiger partial charge in [-0.05, 0) is 56.0 Å². The molecule has 3 nitrogen and oxygen atoms in total. The Balaban J connectivity index is 1.79. The summed E-state index contributed by atoms with van der Waals surface area (Å²) in [6.45, 7) is 10.2. The predicted octanol–water partition coefficient (Wildman–Crippen LogP) is 3.41. The molecule has 0 bridgehead atoms. The van der Waals surface area contributed by atoms with E-state index in [4.69, 9.17) is 9.97 Å². The Morgan fingerprint density at radius 2 is 1.67 bits per heavy atom. The van der Waals surface area contributed by atoms with E-state index in [1.807, 2.05) is 0 Å². The fraction of sp³-hybridized carbons (Fsp3) is 0.778. The Labute approximate surface area is 129 Å². The van der Waals surface area contributed by atoms with Crippen molar-refractivity contribution in [2.24, 2.45) is 5.41 Å². The van der Waals surface area contributed by atoms with Crippen LogP contribution < -0.4 is 5.32 Å². The Hall–Kier alpha value is -0.960. The summed E-state index contributed by atoms with van der Waals surface area (Å²) in [6.07, 6.45) is 7.07. The molecule has 0 spiro atoms. The minimum Gasteiger partial charge on any atom is -0.314 e. The van der Waals surface area contributed by atoms with Gasteiger partial charge < -0.3 is 5.32 Å². The highest BCUT2D eigenvalue weighted by atomic mass is 15.0. The second-order valence-electron chi connectivity index (χ2n) is 7.38. The van der Waals surface area contributed by atoms with Crippen LogP contribution in [0.3, 0.4) is 0 Å². The van der Waals surface area contributed by atoms with Gasteiger partial charge in [0.2, 0.25) is 0 Å². The first-order valence-electron chi connectivity index (χ1n) is 8.67. The largest absolute Gasteiger partial charge is 0.314 e. The van der Waals surface area contributed by atoms with Gasteiger partial charge in [0.15, 0.2) is 0 Å². The van der Waals surface area contributed by atoms with E-state index in [1.165, 1.54) is 36.2 Å². The molecule has 0 aliphatic heterocycles. The van der Waals surface area contributed by atoms with Crippen LogP contribution in [0.1, 0.15) is 75.7 Å². The van der Waals surface area contributed by atoms with Crippen molar-refractivity contribution in [3.63, 3.8) is 0 Å². The van der Waals surface area contributed by atoms with E-state index in [9.17, 15) is 0 Å². The van der Waals surface area contributed by atoms with Gasteiger partial charge in [0, 0.05) is 23.3 Å². The maximum atomic E-state index is 4.93. The van der Waals surface area contributed by atoms with Gasteiger partial charge in [-0.2, -0.15) is 0 Å². The summed E-state index contributed by atoms with van der Waals surface area (Å²) in [7, 11) is 0. The highest BCUT2D eigenvalue weighted by molar-refractivity contribution is 5.30. The minimum absolute atomic E-state index is 0.408. The van der Waals surface area contributed by atoms with Gasteiger partial charge in [0.25, 0.3) is 0 Å². The van der Waals surface area contributed by atoms with Crippen LogP contribution in [0.2, 0.25) is 0 Å². The minimum atomic E-state index is 0.408. The fourth-order valence-electron chi connectivity index (χ4n) is 3.23. The van der Waals surface area contributed by atoms with Crippen LogP contribution in [0.15, 0.2) is 0 Å². The molecule has 2 saturated carbocycles. The van der Waals surface area contributed by atoms with Crippen molar-refractivity contribution in [1.29, 1.82) is 0 Å². The molecular weight excluding hydrogens is 258 g/mol. The maximum absolute atomic E-state index is 4.93. The molecule has 0 amide bonds. The van der Waals surface area contributed by atoms with Gasteiger partial charge in [-0.25, -0.2) is 9.97 Å². The van der Waals surface area contributed by atoms with E-state index < -0.39 is 0 Å². The molecule has 1 atom stereocenters. The first-order valence-corrected chi connectivity index (χ1v) is 8.67. The Bertz CT molecular complexity index is 492. The van der Waals surface area contributed by atoms with E-state index in [0.717, 1.165) is 37.7 Å². The molecule has 1 heterocycles. The summed E-state index contributed by atoms with van der Waals surface area (Å²) >= 11 is 0. The first kappa shape index (κ1) is 15.0. The molecule has 2 fully saturated rings. The van der Waals surface area contributed by atoms with Crippen LogP contribution in [-0.2, 0) is 19.3 Å². The number of aryl methyl sites for hydroxylation is 2. The second-order valence-corrected chi connectivity index (χ2v) is 7.38. The second kappa shape index (κ2) is 5.68.